The zero-order chi connectivity index (χ0) is 31.8. The lowest BCUT2D eigenvalue weighted by Crippen LogP contribution is -2.47. The summed E-state index contributed by atoms with van der Waals surface area (Å²) in [5.74, 6) is 2.43. The standard InChI is InChI=1S/C33H34N6O7/c1-43-22-6-3-20(4-7-22)18-38-31(41)19-45-27-11-12-29(36-32(27)38)39-25-10-5-21(15-28(25)46-33(39)42)34-13-14-37-26-16-23(44-2)8-9-24(26)35-17-30(37)40/h3-4,6-9,11-12,16-17,21,25,28,34H,5,10,13-15,18-19H2,1-2H3/t21-,25-,28-/m1/s1. The third-order valence-corrected chi connectivity index (χ3v) is 8.84. The van der Waals surface area contributed by atoms with Crippen molar-refractivity contribution < 1.29 is 28.5 Å². The minimum absolute atomic E-state index is 0.0881. The fourth-order valence-corrected chi connectivity index (χ4v) is 6.46. The van der Waals surface area contributed by atoms with Crippen LogP contribution in [-0.2, 0) is 22.6 Å². The molecule has 0 radical (unpaired) electrons. The van der Waals surface area contributed by atoms with Crippen LogP contribution >= 0.6 is 0 Å². The fourth-order valence-electron chi connectivity index (χ4n) is 6.46. The highest BCUT2D eigenvalue weighted by Gasteiger charge is 2.47. The Kier molecular flexibility index (Phi) is 7.91. The molecule has 2 amide bonds. The summed E-state index contributed by atoms with van der Waals surface area (Å²) < 4.78 is 23.8. The number of amides is 2. The summed E-state index contributed by atoms with van der Waals surface area (Å²) in [6.07, 6.45) is 2.69. The van der Waals surface area contributed by atoms with Gasteiger partial charge in [0, 0.05) is 31.6 Å². The third kappa shape index (κ3) is 5.58. The number of anilines is 2. The van der Waals surface area contributed by atoms with Crippen LogP contribution in [0.5, 0.6) is 17.2 Å². The average Bonchev–Trinajstić information content (AvgIpc) is 3.41. The van der Waals surface area contributed by atoms with Crippen molar-refractivity contribution in [1.82, 2.24) is 19.9 Å². The largest absolute Gasteiger partial charge is 0.497 e. The molecule has 7 rings (SSSR count). The van der Waals surface area contributed by atoms with Gasteiger partial charge in [-0.1, -0.05) is 12.1 Å². The molecular formula is C33H34N6O7. The zero-order valence-electron chi connectivity index (χ0n) is 25.5. The molecule has 3 atom stereocenters. The number of nitrogens with zero attached hydrogens (tertiary/aromatic N) is 5. The summed E-state index contributed by atoms with van der Waals surface area (Å²) in [4.78, 5) is 51.0. The fraction of sp³-hybridized carbons (Fsp3) is 0.364. The van der Waals surface area contributed by atoms with E-state index < -0.39 is 6.09 Å². The van der Waals surface area contributed by atoms with Crippen LogP contribution in [0.1, 0.15) is 24.8 Å². The van der Waals surface area contributed by atoms with Crippen molar-refractivity contribution in [2.45, 2.75) is 50.5 Å². The summed E-state index contributed by atoms with van der Waals surface area (Å²) in [5.41, 5.74) is 2.15. The molecule has 0 bridgehead atoms. The maximum Gasteiger partial charge on any atom is 0.416 e. The minimum Gasteiger partial charge on any atom is -0.497 e. The Morgan fingerprint density at radius 1 is 0.978 bits per heavy atom. The molecule has 0 unspecified atom stereocenters. The highest BCUT2D eigenvalue weighted by atomic mass is 16.6. The van der Waals surface area contributed by atoms with Crippen molar-refractivity contribution >= 4 is 34.7 Å². The van der Waals surface area contributed by atoms with Gasteiger partial charge in [-0.15, -0.1) is 0 Å². The van der Waals surface area contributed by atoms with Crippen LogP contribution in [0.4, 0.5) is 16.4 Å². The molecule has 2 aromatic carbocycles. The molecule has 238 valence electrons. The van der Waals surface area contributed by atoms with Crippen molar-refractivity contribution in [3.05, 3.63) is 76.7 Å². The Labute approximate surface area is 264 Å². The monoisotopic (exact) mass is 626 g/mol. The van der Waals surface area contributed by atoms with Crippen LogP contribution in [0.2, 0.25) is 0 Å². The Morgan fingerprint density at radius 2 is 1.78 bits per heavy atom. The highest BCUT2D eigenvalue weighted by molar-refractivity contribution is 5.97. The second-order valence-electron chi connectivity index (χ2n) is 11.5. The van der Waals surface area contributed by atoms with E-state index in [1.807, 2.05) is 42.5 Å². The minimum atomic E-state index is -0.461. The highest BCUT2D eigenvalue weighted by Crippen LogP contribution is 2.39. The van der Waals surface area contributed by atoms with Crippen LogP contribution in [0.25, 0.3) is 11.0 Å². The van der Waals surface area contributed by atoms with Crippen LogP contribution in [0.3, 0.4) is 0 Å². The molecule has 13 heteroatoms. The van der Waals surface area contributed by atoms with Crippen molar-refractivity contribution in [3.8, 4) is 17.2 Å². The third-order valence-electron chi connectivity index (χ3n) is 8.84. The summed E-state index contributed by atoms with van der Waals surface area (Å²) in [6.45, 7) is 1.22. The first kappa shape index (κ1) is 29.5. The molecular weight excluding hydrogens is 592 g/mol. The Balaban J connectivity index is 1.03. The van der Waals surface area contributed by atoms with Gasteiger partial charge < -0.3 is 28.8 Å². The van der Waals surface area contributed by atoms with Crippen LogP contribution in [-0.4, -0.2) is 72.1 Å². The van der Waals surface area contributed by atoms with Gasteiger partial charge in [-0.3, -0.25) is 19.4 Å². The van der Waals surface area contributed by atoms with Gasteiger partial charge in [-0.2, -0.15) is 0 Å². The number of fused-ring (bicyclic) bond motifs is 3. The smallest absolute Gasteiger partial charge is 0.416 e. The van der Waals surface area contributed by atoms with Crippen LogP contribution < -0.4 is 34.9 Å². The van der Waals surface area contributed by atoms with Crippen molar-refractivity contribution in [2.75, 3.05) is 37.2 Å². The van der Waals surface area contributed by atoms with Crippen molar-refractivity contribution in [1.29, 1.82) is 0 Å². The van der Waals surface area contributed by atoms with Crippen molar-refractivity contribution in [3.63, 3.8) is 0 Å². The van der Waals surface area contributed by atoms with E-state index in [1.54, 1.807) is 40.7 Å². The second kappa shape index (κ2) is 12.3. The summed E-state index contributed by atoms with van der Waals surface area (Å²) in [5, 5.41) is 3.55. The van der Waals surface area contributed by atoms with E-state index in [2.05, 4.69) is 10.3 Å². The predicted molar refractivity (Wildman–Crippen MR) is 169 cm³/mol. The number of carbonyl (C=O) groups is 2. The quantitative estimate of drug-likeness (QED) is 0.295. The van der Waals surface area contributed by atoms with E-state index in [1.165, 1.54) is 6.20 Å². The van der Waals surface area contributed by atoms with Gasteiger partial charge in [0.05, 0.1) is 44.0 Å². The molecule has 13 nitrogen and oxygen atoms in total. The average molecular weight is 627 g/mol. The van der Waals surface area contributed by atoms with E-state index in [4.69, 9.17) is 23.9 Å². The SMILES string of the molecule is COc1ccc(CN2C(=O)COc3ccc(N4C(=O)O[C@@H]5C[C@H](NCCn6c(=O)cnc7ccc(OC)cc76)CC[C@H]54)nc32)cc1. The van der Waals surface area contributed by atoms with E-state index >= 15 is 0 Å². The molecule has 0 spiro atoms. The number of nitrogens with one attached hydrogen (secondary N) is 1. The van der Waals surface area contributed by atoms with E-state index in [0.29, 0.717) is 61.1 Å². The van der Waals surface area contributed by atoms with E-state index in [0.717, 1.165) is 23.3 Å². The van der Waals surface area contributed by atoms with Gasteiger partial charge in [0.1, 0.15) is 23.4 Å². The zero-order valence-corrected chi connectivity index (χ0v) is 25.5. The molecule has 1 saturated heterocycles. The molecule has 1 saturated carbocycles. The predicted octanol–water partition coefficient (Wildman–Crippen LogP) is 3.27. The number of methoxy groups -OCH3 is 2. The second-order valence-corrected chi connectivity index (χ2v) is 11.5. The maximum atomic E-state index is 13.2. The number of rotatable bonds is 9. The first-order chi connectivity index (χ1) is 22.4. The Morgan fingerprint density at radius 3 is 2.59 bits per heavy atom. The van der Waals surface area contributed by atoms with E-state index in [9.17, 15) is 14.4 Å². The lowest BCUT2D eigenvalue weighted by molar-refractivity contribution is -0.121. The molecule has 2 fully saturated rings. The molecule has 2 aromatic heterocycles. The summed E-state index contributed by atoms with van der Waals surface area (Å²) >= 11 is 0. The number of carbonyl (C=O) groups excluding carboxylic acids is 2. The lowest BCUT2D eigenvalue weighted by Gasteiger charge is -2.34. The number of hydrogen-bond acceptors (Lipinski definition) is 10. The molecule has 1 aliphatic carbocycles. The Hall–Kier alpha value is -5.17. The van der Waals surface area contributed by atoms with Crippen LogP contribution in [0.15, 0.2) is 65.6 Å². The molecule has 1 N–H and O–H groups in total. The van der Waals surface area contributed by atoms with E-state index in [-0.39, 0.29) is 36.3 Å². The topological polar surface area (TPSA) is 137 Å². The van der Waals surface area contributed by atoms with Gasteiger partial charge in [0.15, 0.2) is 18.2 Å². The molecule has 46 heavy (non-hydrogen) atoms. The molecule has 2 aliphatic heterocycles. The number of aromatic nitrogens is 3. The Bertz CT molecular complexity index is 1850. The normalized spacial score (nSPS) is 20.6. The first-order valence-electron chi connectivity index (χ1n) is 15.3. The number of hydrogen-bond donors (Lipinski definition) is 1. The first-order valence-corrected chi connectivity index (χ1v) is 15.3. The summed E-state index contributed by atoms with van der Waals surface area (Å²) in [7, 11) is 3.19. The lowest BCUT2D eigenvalue weighted by atomic mass is 9.88. The van der Waals surface area contributed by atoms with Gasteiger partial charge in [-0.05, 0) is 54.8 Å². The molecule has 4 heterocycles. The van der Waals surface area contributed by atoms with Gasteiger partial charge in [0.2, 0.25) is 0 Å². The molecule has 3 aliphatic rings. The maximum absolute atomic E-state index is 13.2. The number of ether oxygens (including phenoxy) is 4. The van der Waals surface area contributed by atoms with Gasteiger partial charge in [0.25, 0.3) is 11.5 Å². The van der Waals surface area contributed by atoms with Gasteiger partial charge >= 0.3 is 6.09 Å². The van der Waals surface area contributed by atoms with Crippen LogP contribution in [0, 0.1) is 0 Å². The van der Waals surface area contributed by atoms with Crippen molar-refractivity contribution in [2.24, 2.45) is 0 Å². The van der Waals surface area contributed by atoms with Gasteiger partial charge in [-0.25, -0.2) is 14.8 Å². The summed E-state index contributed by atoms with van der Waals surface area (Å²) in [6, 6.07) is 16.3. The number of benzene rings is 2. The molecule has 4 aromatic rings. The number of pyridine rings is 1.